The van der Waals surface area contributed by atoms with Gasteiger partial charge in [-0.2, -0.15) is 0 Å². The van der Waals surface area contributed by atoms with Gasteiger partial charge in [0.05, 0.1) is 18.6 Å². The third kappa shape index (κ3) is 3.43. The fraction of sp³-hybridized carbons (Fsp3) is 0.909. The summed E-state index contributed by atoms with van der Waals surface area (Å²) in [6.07, 6.45) is 1.67. The zero-order valence-corrected chi connectivity index (χ0v) is 10.2. The predicted molar refractivity (Wildman–Crippen MR) is 61.3 cm³/mol. The molecule has 1 rings (SSSR count). The number of carbonyl (C=O) groups excluding carboxylic acids is 1. The molecule has 1 aliphatic rings. The highest BCUT2D eigenvalue weighted by atomic mass is 16.5. The number of hydrogen-bond acceptors (Lipinski definition) is 4. The smallest absolute Gasteiger partial charge is 0.228 e. The Labute approximate surface area is 96.9 Å². The largest absolute Gasteiger partial charge is 0.384 e. The maximum atomic E-state index is 12.1. The van der Waals surface area contributed by atoms with E-state index in [2.05, 4.69) is 10.6 Å². The Balaban J connectivity index is 2.50. The molecule has 1 fully saturated rings. The Morgan fingerprint density at radius 1 is 1.31 bits per heavy atom. The number of nitrogens with one attached hydrogen (secondary N) is 2. The molecule has 0 aliphatic carbocycles. The van der Waals surface area contributed by atoms with Gasteiger partial charge in [0.15, 0.2) is 0 Å². The molecule has 0 aromatic heterocycles. The summed E-state index contributed by atoms with van der Waals surface area (Å²) < 4.78 is 10.1. The number of hydrogen-bond donors (Lipinski definition) is 2. The zero-order chi connectivity index (χ0) is 11.9. The van der Waals surface area contributed by atoms with E-state index < -0.39 is 0 Å². The molecule has 0 bridgehead atoms. The summed E-state index contributed by atoms with van der Waals surface area (Å²) in [5.41, 5.74) is -0.353. The van der Waals surface area contributed by atoms with Crippen molar-refractivity contribution in [2.45, 2.75) is 12.8 Å². The molecule has 0 spiro atoms. The van der Waals surface area contributed by atoms with E-state index in [1.54, 1.807) is 14.2 Å². The van der Waals surface area contributed by atoms with Crippen LogP contribution in [0.15, 0.2) is 0 Å². The molecule has 0 atom stereocenters. The number of amides is 1. The first kappa shape index (κ1) is 13.4. The van der Waals surface area contributed by atoms with Gasteiger partial charge < -0.3 is 20.1 Å². The lowest BCUT2D eigenvalue weighted by atomic mass is 9.78. The summed E-state index contributed by atoms with van der Waals surface area (Å²) >= 11 is 0. The van der Waals surface area contributed by atoms with Crippen LogP contribution in [0, 0.1) is 5.41 Å². The average Bonchev–Trinajstić information content (AvgIpc) is 2.31. The first-order valence-electron chi connectivity index (χ1n) is 5.72. The highest BCUT2D eigenvalue weighted by Gasteiger charge is 2.39. The van der Waals surface area contributed by atoms with Crippen LogP contribution >= 0.6 is 0 Å². The van der Waals surface area contributed by atoms with Gasteiger partial charge in [-0.15, -0.1) is 0 Å². The monoisotopic (exact) mass is 230 g/mol. The Kier molecular flexibility index (Phi) is 5.73. The summed E-state index contributed by atoms with van der Waals surface area (Å²) in [7, 11) is 3.27. The fourth-order valence-corrected chi connectivity index (χ4v) is 2.07. The Morgan fingerprint density at radius 3 is 2.56 bits per heavy atom. The molecule has 0 unspecified atom stereocenters. The van der Waals surface area contributed by atoms with Crippen molar-refractivity contribution in [3.63, 3.8) is 0 Å². The number of methoxy groups -OCH3 is 2. The summed E-state index contributed by atoms with van der Waals surface area (Å²) in [6.45, 7) is 3.36. The summed E-state index contributed by atoms with van der Waals surface area (Å²) in [6, 6.07) is 0. The van der Waals surface area contributed by atoms with Crippen LogP contribution < -0.4 is 10.6 Å². The topological polar surface area (TPSA) is 59.6 Å². The summed E-state index contributed by atoms with van der Waals surface area (Å²) in [4.78, 5) is 12.1. The maximum absolute atomic E-state index is 12.1. The van der Waals surface area contributed by atoms with E-state index in [-0.39, 0.29) is 11.3 Å². The van der Waals surface area contributed by atoms with Gasteiger partial charge in [-0.3, -0.25) is 4.79 Å². The van der Waals surface area contributed by atoms with Crippen molar-refractivity contribution < 1.29 is 14.3 Å². The van der Waals surface area contributed by atoms with Gasteiger partial charge in [0.2, 0.25) is 5.91 Å². The zero-order valence-electron chi connectivity index (χ0n) is 10.2. The molecule has 0 saturated carbocycles. The van der Waals surface area contributed by atoms with Gasteiger partial charge in [0.25, 0.3) is 0 Å². The lowest BCUT2D eigenvalue weighted by Gasteiger charge is -2.35. The van der Waals surface area contributed by atoms with Crippen LogP contribution in [0.1, 0.15) is 12.8 Å². The molecule has 1 aliphatic heterocycles. The lowest BCUT2D eigenvalue weighted by Crippen LogP contribution is -2.50. The number of piperidine rings is 1. The van der Waals surface area contributed by atoms with E-state index >= 15 is 0 Å². The molecule has 1 amide bonds. The molecule has 1 heterocycles. The molecule has 16 heavy (non-hydrogen) atoms. The second kappa shape index (κ2) is 6.83. The highest BCUT2D eigenvalue weighted by Crippen LogP contribution is 2.29. The average molecular weight is 230 g/mol. The minimum absolute atomic E-state index is 0.0906. The molecule has 0 aromatic rings. The van der Waals surface area contributed by atoms with E-state index in [0.29, 0.717) is 19.8 Å². The van der Waals surface area contributed by atoms with Crippen molar-refractivity contribution in [3.05, 3.63) is 0 Å². The molecule has 2 N–H and O–H groups in total. The molecule has 94 valence electrons. The number of ether oxygens (including phenoxy) is 2. The minimum Gasteiger partial charge on any atom is -0.384 e. The molecule has 5 heteroatoms. The van der Waals surface area contributed by atoms with Crippen LogP contribution in [0.3, 0.4) is 0 Å². The Hall–Kier alpha value is -0.650. The van der Waals surface area contributed by atoms with Crippen molar-refractivity contribution in [1.29, 1.82) is 0 Å². The van der Waals surface area contributed by atoms with Gasteiger partial charge in [-0.1, -0.05) is 0 Å². The Bertz CT molecular complexity index is 210. The van der Waals surface area contributed by atoms with E-state index in [1.807, 2.05) is 0 Å². The standard InChI is InChI=1S/C11H22N2O3/c1-15-8-7-13-10(14)11(9-16-2)3-5-12-6-4-11/h12H,3-9H2,1-2H3,(H,13,14). The summed E-state index contributed by atoms with van der Waals surface area (Å²) in [5, 5.41) is 6.17. The third-order valence-corrected chi connectivity index (χ3v) is 3.05. The summed E-state index contributed by atoms with van der Waals surface area (Å²) in [5.74, 6) is 0.0906. The van der Waals surface area contributed by atoms with Crippen LogP contribution in [0.4, 0.5) is 0 Å². The fourth-order valence-electron chi connectivity index (χ4n) is 2.07. The first-order valence-corrected chi connectivity index (χ1v) is 5.72. The molecular weight excluding hydrogens is 208 g/mol. The van der Waals surface area contributed by atoms with E-state index in [0.717, 1.165) is 25.9 Å². The van der Waals surface area contributed by atoms with Gasteiger partial charge in [0.1, 0.15) is 0 Å². The molecule has 0 aromatic carbocycles. The van der Waals surface area contributed by atoms with Gasteiger partial charge in [-0.25, -0.2) is 0 Å². The molecule has 1 saturated heterocycles. The SMILES string of the molecule is COCCNC(=O)C1(COC)CCNCC1. The number of rotatable bonds is 6. The van der Waals surface area contributed by atoms with Crippen LogP contribution in [-0.2, 0) is 14.3 Å². The van der Waals surface area contributed by atoms with Crippen molar-refractivity contribution in [1.82, 2.24) is 10.6 Å². The minimum atomic E-state index is -0.353. The molecule has 5 nitrogen and oxygen atoms in total. The Morgan fingerprint density at radius 2 is 2.00 bits per heavy atom. The second-order valence-corrected chi connectivity index (χ2v) is 4.21. The molecular formula is C11H22N2O3. The van der Waals surface area contributed by atoms with Gasteiger partial charge in [-0.05, 0) is 25.9 Å². The first-order chi connectivity index (χ1) is 7.75. The van der Waals surface area contributed by atoms with Crippen molar-refractivity contribution in [3.8, 4) is 0 Å². The predicted octanol–water partition coefficient (Wildman–Crippen LogP) is -0.235. The normalized spacial score (nSPS) is 19.4. The van der Waals surface area contributed by atoms with Crippen molar-refractivity contribution in [2.24, 2.45) is 5.41 Å². The third-order valence-electron chi connectivity index (χ3n) is 3.05. The quantitative estimate of drug-likeness (QED) is 0.619. The van der Waals surface area contributed by atoms with E-state index in [1.165, 1.54) is 0 Å². The highest BCUT2D eigenvalue weighted by molar-refractivity contribution is 5.83. The maximum Gasteiger partial charge on any atom is 0.228 e. The lowest BCUT2D eigenvalue weighted by molar-refractivity contribution is -0.136. The van der Waals surface area contributed by atoms with Crippen molar-refractivity contribution >= 4 is 5.91 Å². The van der Waals surface area contributed by atoms with E-state index in [9.17, 15) is 4.79 Å². The van der Waals surface area contributed by atoms with Crippen LogP contribution in [0.2, 0.25) is 0 Å². The van der Waals surface area contributed by atoms with Gasteiger partial charge in [0, 0.05) is 20.8 Å². The second-order valence-electron chi connectivity index (χ2n) is 4.21. The number of carbonyl (C=O) groups is 1. The van der Waals surface area contributed by atoms with Crippen LogP contribution in [0.5, 0.6) is 0 Å². The molecule has 0 radical (unpaired) electrons. The van der Waals surface area contributed by atoms with Crippen LogP contribution in [0.25, 0.3) is 0 Å². The van der Waals surface area contributed by atoms with Gasteiger partial charge >= 0.3 is 0 Å². The van der Waals surface area contributed by atoms with E-state index in [4.69, 9.17) is 9.47 Å². The van der Waals surface area contributed by atoms with Crippen molar-refractivity contribution in [2.75, 3.05) is 47.1 Å². The van der Waals surface area contributed by atoms with Crippen LogP contribution in [-0.4, -0.2) is 53.0 Å².